The zero-order valence-electron chi connectivity index (χ0n) is 18.2. The van der Waals surface area contributed by atoms with Crippen molar-refractivity contribution in [2.45, 2.75) is 13.5 Å². The third-order valence-corrected chi connectivity index (χ3v) is 5.91. The van der Waals surface area contributed by atoms with Crippen molar-refractivity contribution in [3.05, 3.63) is 60.7 Å². The van der Waals surface area contributed by atoms with E-state index in [0.29, 0.717) is 24.7 Å². The Hall–Kier alpha value is -3.81. The maximum Gasteiger partial charge on any atom is 0.244 e. The summed E-state index contributed by atoms with van der Waals surface area (Å²) in [5.74, 6) is 2.14. The number of benzene rings is 2. The fraction of sp³-hybridized carbons (Fsp3) is 0.292. The van der Waals surface area contributed by atoms with Gasteiger partial charge in [0.2, 0.25) is 5.91 Å². The molecule has 1 amide bonds. The SMILES string of the molecule is COc1cc(N2CCN(C(=O)Cn3ncc4ccccc43)CC2)ccc1-c1cnc(C)o1. The number of fused-ring (bicyclic) bond motifs is 1. The molecule has 1 saturated heterocycles. The first-order valence-electron chi connectivity index (χ1n) is 10.7. The fourth-order valence-electron chi connectivity index (χ4n) is 4.16. The largest absolute Gasteiger partial charge is 0.496 e. The second-order valence-electron chi connectivity index (χ2n) is 7.86. The number of hydrogen-bond donors (Lipinski definition) is 0. The van der Waals surface area contributed by atoms with Crippen molar-refractivity contribution in [3.8, 4) is 17.1 Å². The highest BCUT2D eigenvalue weighted by Gasteiger charge is 2.23. The Bertz CT molecular complexity index is 1250. The molecule has 0 N–H and O–H groups in total. The van der Waals surface area contributed by atoms with Crippen LogP contribution in [0.4, 0.5) is 5.69 Å². The molecule has 8 nitrogen and oxygen atoms in total. The molecule has 3 heterocycles. The standard InChI is InChI=1S/C24H25N5O3/c1-17-25-15-23(32-17)20-8-7-19(13-22(20)31-2)27-9-11-28(12-10-27)24(30)16-29-21-6-4-3-5-18(21)14-26-29/h3-8,13-15H,9-12,16H2,1-2H3. The summed E-state index contributed by atoms with van der Waals surface area (Å²) >= 11 is 0. The number of aryl methyl sites for hydroxylation is 1. The molecule has 0 unspecified atom stereocenters. The van der Waals surface area contributed by atoms with Crippen LogP contribution in [0.3, 0.4) is 0 Å². The van der Waals surface area contributed by atoms with E-state index in [-0.39, 0.29) is 12.5 Å². The number of nitrogens with zero attached hydrogens (tertiary/aromatic N) is 5. The summed E-state index contributed by atoms with van der Waals surface area (Å²) in [5.41, 5.74) is 2.91. The summed E-state index contributed by atoms with van der Waals surface area (Å²) in [4.78, 5) is 21.2. The maximum absolute atomic E-state index is 12.9. The van der Waals surface area contributed by atoms with Gasteiger partial charge in [-0.15, -0.1) is 0 Å². The van der Waals surface area contributed by atoms with Gasteiger partial charge in [0.05, 0.1) is 30.6 Å². The monoisotopic (exact) mass is 431 g/mol. The smallest absolute Gasteiger partial charge is 0.244 e. The molecule has 2 aromatic heterocycles. The van der Waals surface area contributed by atoms with Gasteiger partial charge in [0.15, 0.2) is 11.7 Å². The normalized spacial score (nSPS) is 14.2. The number of para-hydroxylation sites is 1. The molecule has 0 spiro atoms. The lowest BCUT2D eigenvalue weighted by atomic mass is 10.1. The van der Waals surface area contributed by atoms with Gasteiger partial charge in [-0.3, -0.25) is 9.48 Å². The lowest BCUT2D eigenvalue weighted by Gasteiger charge is -2.36. The number of anilines is 1. The number of aromatic nitrogens is 3. The molecule has 0 bridgehead atoms. The first-order chi connectivity index (χ1) is 15.6. The van der Waals surface area contributed by atoms with E-state index in [9.17, 15) is 4.79 Å². The minimum absolute atomic E-state index is 0.0899. The average molecular weight is 431 g/mol. The molecule has 1 aliphatic heterocycles. The Morgan fingerprint density at radius 1 is 1.09 bits per heavy atom. The second kappa shape index (κ2) is 8.37. The molecule has 32 heavy (non-hydrogen) atoms. The van der Waals surface area contributed by atoms with Crippen molar-refractivity contribution in [2.24, 2.45) is 0 Å². The first kappa shape index (κ1) is 20.1. The summed E-state index contributed by atoms with van der Waals surface area (Å²) in [6, 6.07) is 14.0. The topological polar surface area (TPSA) is 76.6 Å². The molecule has 0 saturated carbocycles. The number of oxazole rings is 1. The summed E-state index contributed by atoms with van der Waals surface area (Å²) in [7, 11) is 1.65. The van der Waals surface area contributed by atoms with Crippen LogP contribution >= 0.6 is 0 Å². The van der Waals surface area contributed by atoms with Gasteiger partial charge in [0.25, 0.3) is 0 Å². The Balaban J connectivity index is 1.25. The Labute approximate surface area is 186 Å². The van der Waals surface area contributed by atoms with Crippen molar-refractivity contribution < 1.29 is 13.9 Å². The Morgan fingerprint density at radius 3 is 2.66 bits per heavy atom. The van der Waals surface area contributed by atoms with E-state index in [4.69, 9.17) is 9.15 Å². The lowest BCUT2D eigenvalue weighted by Crippen LogP contribution is -2.49. The predicted molar refractivity (Wildman–Crippen MR) is 122 cm³/mol. The van der Waals surface area contributed by atoms with E-state index in [1.54, 1.807) is 24.2 Å². The minimum Gasteiger partial charge on any atom is -0.496 e. The molecule has 1 fully saturated rings. The van der Waals surface area contributed by atoms with Crippen LogP contribution in [0.25, 0.3) is 22.2 Å². The number of hydrogen-bond acceptors (Lipinski definition) is 6. The highest BCUT2D eigenvalue weighted by atomic mass is 16.5. The van der Waals surface area contributed by atoms with Crippen molar-refractivity contribution in [2.75, 3.05) is 38.2 Å². The van der Waals surface area contributed by atoms with Gasteiger partial charge < -0.3 is 19.0 Å². The number of ether oxygens (including phenoxy) is 1. The van der Waals surface area contributed by atoms with E-state index < -0.39 is 0 Å². The van der Waals surface area contributed by atoms with Gasteiger partial charge in [-0.2, -0.15) is 5.10 Å². The van der Waals surface area contributed by atoms with E-state index in [1.165, 1.54) is 0 Å². The van der Waals surface area contributed by atoms with Crippen LogP contribution in [0.5, 0.6) is 5.75 Å². The average Bonchev–Trinajstić information content (AvgIpc) is 3.45. The summed E-state index contributed by atoms with van der Waals surface area (Å²) < 4.78 is 13.0. The number of carbonyl (C=O) groups excluding carboxylic acids is 1. The predicted octanol–water partition coefficient (Wildman–Crippen LogP) is 3.36. The molecule has 8 heteroatoms. The lowest BCUT2D eigenvalue weighted by molar-refractivity contribution is -0.132. The highest BCUT2D eigenvalue weighted by Crippen LogP contribution is 2.34. The summed E-state index contributed by atoms with van der Waals surface area (Å²) in [6.07, 6.45) is 3.51. The fourth-order valence-corrected chi connectivity index (χ4v) is 4.16. The molecule has 5 rings (SSSR count). The van der Waals surface area contributed by atoms with Crippen LogP contribution in [-0.4, -0.2) is 58.9 Å². The molecular formula is C24H25N5O3. The van der Waals surface area contributed by atoms with E-state index in [0.717, 1.165) is 41.0 Å². The molecule has 2 aromatic carbocycles. The number of piperazine rings is 1. The molecule has 164 valence electrons. The van der Waals surface area contributed by atoms with Crippen LogP contribution in [0.2, 0.25) is 0 Å². The van der Waals surface area contributed by atoms with Crippen molar-refractivity contribution >= 4 is 22.5 Å². The first-order valence-corrected chi connectivity index (χ1v) is 10.7. The van der Waals surface area contributed by atoms with Gasteiger partial charge in [-0.05, 0) is 18.2 Å². The molecule has 4 aromatic rings. The third-order valence-electron chi connectivity index (χ3n) is 5.91. The molecule has 0 atom stereocenters. The van der Waals surface area contributed by atoms with E-state index in [1.807, 2.05) is 48.2 Å². The number of amides is 1. The van der Waals surface area contributed by atoms with Crippen LogP contribution in [0, 0.1) is 6.92 Å². The number of methoxy groups -OCH3 is 1. The van der Waals surface area contributed by atoms with Crippen molar-refractivity contribution in [1.82, 2.24) is 19.7 Å². The molecule has 0 radical (unpaired) electrons. The van der Waals surface area contributed by atoms with Crippen LogP contribution in [0.15, 0.2) is 59.3 Å². The van der Waals surface area contributed by atoms with Crippen LogP contribution in [0.1, 0.15) is 5.89 Å². The van der Waals surface area contributed by atoms with Crippen LogP contribution < -0.4 is 9.64 Å². The van der Waals surface area contributed by atoms with Gasteiger partial charge in [-0.25, -0.2) is 4.98 Å². The summed E-state index contributed by atoms with van der Waals surface area (Å²) in [6.45, 7) is 4.93. The van der Waals surface area contributed by atoms with Gasteiger partial charge >= 0.3 is 0 Å². The van der Waals surface area contributed by atoms with Gasteiger partial charge in [0.1, 0.15) is 12.3 Å². The molecule has 0 aliphatic carbocycles. The number of rotatable bonds is 5. The maximum atomic E-state index is 12.9. The third kappa shape index (κ3) is 3.79. The van der Waals surface area contributed by atoms with E-state index in [2.05, 4.69) is 21.0 Å². The van der Waals surface area contributed by atoms with Crippen LogP contribution in [-0.2, 0) is 11.3 Å². The van der Waals surface area contributed by atoms with Crippen molar-refractivity contribution in [3.63, 3.8) is 0 Å². The zero-order valence-corrected chi connectivity index (χ0v) is 18.2. The molecular weight excluding hydrogens is 406 g/mol. The highest BCUT2D eigenvalue weighted by molar-refractivity contribution is 5.82. The Kier molecular flexibility index (Phi) is 5.26. The second-order valence-corrected chi connectivity index (χ2v) is 7.86. The Morgan fingerprint density at radius 2 is 1.91 bits per heavy atom. The molecule has 1 aliphatic rings. The van der Waals surface area contributed by atoms with Crippen molar-refractivity contribution in [1.29, 1.82) is 0 Å². The quantitative estimate of drug-likeness (QED) is 0.482. The minimum atomic E-state index is 0.0899. The number of carbonyl (C=O) groups is 1. The van der Waals surface area contributed by atoms with E-state index >= 15 is 0 Å². The zero-order chi connectivity index (χ0) is 22.1. The van der Waals surface area contributed by atoms with Gasteiger partial charge in [-0.1, -0.05) is 18.2 Å². The summed E-state index contributed by atoms with van der Waals surface area (Å²) in [5, 5.41) is 5.42. The van der Waals surface area contributed by atoms with Gasteiger partial charge in [0, 0.05) is 50.2 Å².